The van der Waals surface area contributed by atoms with Crippen molar-refractivity contribution in [2.24, 2.45) is 10.1 Å². The minimum atomic E-state index is -0.731. The molecule has 27 heavy (non-hydrogen) atoms. The van der Waals surface area contributed by atoms with E-state index in [1.165, 1.54) is 13.3 Å². The van der Waals surface area contributed by atoms with E-state index < -0.39 is 11.5 Å². The third-order valence-corrected chi connectivity index (χ3v) is 3.81. The van der Waals surface area contributed by atoms with Crippen molar-refractivity contribution in [3.05, 3.63) is 87.8 Å². The number of rotatable bonds is 6. The lowest BCUT2D eigenvalue weighted by atomic mass is 10.1. The molecule has 0 aliphatic rings. The fraction of sp³-hybridized carbons (Fsp3) is 0.105. The monoisotopic (exact) mass is 363 g/mol. The van der Waals surface area contributed by atoms with E-state index in [0.717, 1.165) is 15.0 Å². The highest BCUT2D eigenvalue weighted by atomic mass is 16.3. The third kappa shape index (κ3) is 4.06. The molecule has 8 nitrogen and oxygen atoms in total. The van der Waals surface area contributed by atoms with E-state index in [1.807, 2.05) is 30.3 Å². The van der Waals surface area contributed by atoms with E-state index in [9.17, 15) is 14.7 Å². The van der Waals surface area contributed by atoms with Gasteiger partial charge >= 0.3 is 5.56 Å². The van der Waals surface area contributed by atoms with Crippen molar-refractivity contribution in [1.29, 1.82) is 0 Å². The van der Waals surface area contributed by atoms with E-state index in [1.54, 1.807) is 30.3 Å². The number of carbonyl (C=O) groups is 1. The first-order chi connectivity index (χ1) is 13.1. The topological polar surface area (TPSA) is 107 Å². The summed E-state index contributed by atoms with van der Waals surface area (Å²) in [7, 11) is 1.29. The molecule has 0 fully saturated rings. The van der Waals surface area contributed by atoms with Crippen LogP contribution in [0.25, 0.3) is 0 Å². The molecular formula is C19H17N5O3. The van der Waals surface area contributed by atoms with Crippen molar-refractivity contribution < 1.29 is 14.6 Å². The first-order valence-corrected chi connectivity index (χ1v) is 8.17. The van der Waals surface area contributed by atoms with Gasteiger partial charge in [0.15, 0.2) is 6.54 Å². The SMILES string of the molecule is CN=C([O-])c1c(=O)n(N=Cc2ccccc2)[nH][n+]1CC(=O)c1ccccc1. The number of ketones is 1. The number of hydrogen-bond donors (Lipinski definition) is 1. The van der Waals surface area contributed by atoms with Crippen LogP contribution in [-0.4, -0.2) is 34.9 Å². The van der Waals surface area contributed by atoms with E-state index >= 15 is 0 Å². The zero-order valence-corrected chi connectivity index (χ0v) is 14.6. The highest BCUT2D eigenvalue weighted by Crippen LogP contribution is 2.00. The van der Waals surface area contributed by atoms with Crippen molar-refractivity contribution in [3.63, 3.8) is 0 Å². The van der Waals surface area contributed by atoms with Gasteiger partial charge in [-0.2, -0.15) is 0 Å². The molecule has 0 saturated carbocycles. The van der Waals surface area contributed by atoms with Gasteiger partial charge in [-0.15, -0.1) is 4.68 Å². The molecule has 1 N–H and O–H groups in total. The van der Waals surface area contributed by atoms with Gasteiger partial charge in [-0.1, -0.05) is 71.0 Å². The Hall–Kier alpha value is -3.81. The molecule has 0 spiro atoms. The molecule has 0 saturated heterocycles. The highest BCUT2D eigenvalue weighted by Gasteiger charge is 2.24. The second-order valence-corrected chi connectivity index (χ2v) is 5.62. The van der Waals surface area contributed by atoms with Crippen LogP contribution in [0.4, 0.5) is 0 Å². The second-order valence-electron chi connectivity index (χ2n) is 5.62. The Morgan fingerprint density at radius 1 is 1.15 bits per heavy atom. The Balaban J connectivity index is 1.97. The molecule has 1 heterocycles. The van der Waals surface area contributed by atoms with Gasteiger partial charge in [0.05, 0.1) is 6.21 Å². The largest absolute Gasteiger partial charge is 0.856 e. The predicted molar refractivity (Wildman–Crippen MR) is 97.9 cm³/mol. The molecule has 0 bridgehead atoms. The normalized spacial score (nSPS) is 11.8. The van der Waals surface area contributed by atoms with Gasteiger partial charge in [0.2, 0.25) is 5.78 Å². The standard InChI is InChI=1S/C19H17N5O3/c1-20-18(26)17-19(27)24(21-12-14-8-4-2-5-9-14)22-23(17)13-16(25)15-10-6-3-7-11-15/h2-12H,13H2,1H3,(H-,20,22,26,27). The van der Waals surface area contributed by atoms with Gasteiger partial charge in [0, 0.05) is 23.3 Å². The molecule has 0 amide bonds. The molecule has 2 aromatic carbocycles. The van der Waals surface area contributed by atoms with Crippen LogP contribution in [0.3, 0.4) is 0 Å². The van der Waals surface area contributed by atoms with Crippen molar-refractivity contribution in [1.82, 2.24) is 10.0 Å². The summed E-state index contributed by atoms with van der Waals surface area (Å²) in [6.07, 6.45) is 1.47. The Morgan fingerprint density at radius 2 is 1.78 bits per heavy atom. The minimum Gasteiger partial charge on any atom is -0.856 e. The predicted octanol–water partition coefficient (Wildman–Crippen LogP) is -0.0343. The van der Waals surface area contributed by atoms with Crippen molar-refractivity contribution in [2.75, 3.05) is 7.05 Å². The molecule has 136 valence electrons. The molecular weight excluding hydrogens is 346 g/mol. The maximum atomic E-state index is 12.5. The number of H-pyrrole nitrogens is 1. The number of nitrogens with one attached hydrogen (secondary N) is 1. The summed E-state index contributed by atoms with van der Waals surface area (Å²) in [5.74, 6) is -0.989. The number of hydrogen-bond acceptors (Lipinski definition) is 5. The molecule has 3 aromatic rings. The number of carbonyl (C=O) groups excluding carboxylic acids is 1. The number of aliphatic imine (C=N–C) groups is 1. The fourth-order valence-electron chi connectivity index (χ4n) is 2.45. The molecule has 0 unspecified atom stereocenters. The van der Waals surface area contributed by atoms with Crippen molar-refractivity contribution >= 4 is 17.9 Å². The summed E-state index contributed by atoms with van der Waals surface area (Å²) in [4.78, 5) is 29.4. The summed E-state index contributed by atoms with van der Waals surface area (Å²) in [6.45, 7) is -0.219. The molecule has 8 heteroatoms. The highest BCUT2D eigenvalue weighted by molar-refractivity contribution is 5.95. The van der Waals surface area contributed by atoms with Gasteiger partial charge in [0.1, 0.15) is 0 Å². The average molecular weight is 363 g/mol. The van der Waals surface area contributed by atoms with Crippen LogP contribution in [0, 0.1) is 0 Å². The first kappa shape index (κ1) is 18.0. The van der Waals surface area contributed by atoms with Crippen LogP contribution in [0.1, 0.15) is 21.6 Å². The zero-order chi connectivity index (χ0) is 19.2. The van der Waals surface area contributed by atoms with E-state index in [0.29, 0.717) is 5.56 Å². The second kappa shape index (κ2) is 8.05. The Bertz CT molecular complexity index is 1050. The zero-order valence-electron chi connectivity index (χ0n) is 14.6. The third-order valence-electron chi connectivity index (χ3n) is 3.81. The molecule has 0 aliphatic heterocycles. The lowest BCUT2D eigenvalue weighted by molar-refractivity contribution is -0.745. The smallest absolute Gasteiger partial charge is 0.427 e. The van der Waals surface area contributed by atoms with Crippen LogP contribution in [0.2, 0.25) is 0 Å². The lowest BCUT2D eigenvalue weighted by Crippen LogP contribution is -2.48. The van der Waals surface area contributed by atoms with Gasteiger partial charge in [-0.05, 0) is 5.56 Å². The first-order valence-electron chi connectivity index (χ1n) is 8.17. The Morgan fingerprint density at radius 3 is 2.41 bits per heavy atom. The molecule has 3 rings (SSSR count). The van der Waals surface area contributed by atoms with Crippen molar-refractivity contribution in [2.45, 2.75) is 6.54 Å². The summed E-state index contributed by atoms with van der Waals surface area (Å²) in [5, 5.41) is 18.8. The molecule has 1 aromatic heterocycles. The number of Topliss-reactive ketones (excluding diaryl/α,β-unsaturated/α-hetero) is 1. The van der Waals surface area contributed by atoms with Crippen LogP contribution in [0.15, 0.2) is 75.6 Å². The summed E-state index contributed by atoms with van der Waals surface area (Å²) in [6, 6.07) is 17.8. The maximum absolute atomic E-state index is 12.5. The summed E-state index contributed by atoms with van der Waals surface area (Å²) >= 11 is 0. The van der Waals surface area contributed by atoms with Gasteiger partial charge in [0.25, 0.3) is 5.69 Å². The quantitative estimate of drug-likeness (QED) is 0.287. The van der Waals surface area contributed by atoms with Gasteiger partial charge < -0.3 is 5.11 Å². The number of benzene rings is 2. The average Bonchev–Trinajstić information content (AvgIpc) is 3.02. The number of aromatic nitrogens is 3. The van der Waals surface area contributed by atoms with Gasteiger partial charge in [-0.3, -0.25) is 9.79 Å². The molecule has 0 radical (unpaired) electrons. The Labute approximate surface area is 154 Å². The lowest BCUT2D eigenvalue weighted by Gasteiger charge is -2.05. The Kier molecular flexibility index (Phi) is 5.36. The maximum Gasteiger partial charge on any atom is 0.427 e. The van der Waals surface area contributed by atoms with Crippen LogP contribution in [-0.2, 0) is 6.54 Å². The summed E-state index contributed by atoms with van der Waals surface area (Å²) < 4.78 is 1.16. The van der Waals surface area contributed by atoms with Crippen LogP contribution in [0.5, 0.6) is 0 Å². The fourth-order valence-corrected chi connectivity index (χ4v) is 2.45. The minimum absolute atomic E-state index is 0.219. The van der Waals surface area contributed by atoms with Crippen LogP contribution < -0.4 is 15.3 Å². The number of nitrogens with zero attached hydrogens (tertiary/aromatic N) is 4. The van der Waals surface area contributed by atoms with Crippen LogP contribution >= 0.6 is 0 Å². The summed E-state index contributed by atoms with van der Waals surface area (Å²) in [5.41, 5.74) is 0.308. The molecule has 0 aliphatic carbocycles. The van der Waals surface area contributed by atoms with E-state index in [-0.39, 0.29) is 18.0 Å². The van der Waals surface area contributed by atoms with Crippen molar-refractivity contribution in [3.8, 4) is 0 Å². The van der Waals surface area contributed by atoms with E-state index in [2.05, 4.69) is 15.3 Å². The van der Waals surface area contributed by atoms with Gasteiger partial charge in [-0.25, -0.2) is 4.79 Å². The molecule has 0 atom stereocenters. The van der Waals surface area contributed by atoms with E-state index in [4.69, 9.17) is 0 Å². The number of aromatic amines is 1.